The molecule has 4 aromatic rings. The monoisotopic (exact) mass is 424 g/mol. The summed E-state index contributed by atoms with van der Waals surface area (Å²) in [5.41, 5.74) is 1.68. The second-order valence-corrected chi connectivity index (χ2v) is 7.91. The number of thioether (sulfide) groups is 1. The maximum atomic E-state index is 11.3. The van der Waals surface area contributed by atoms with Gasteiger partial charge >= 0.3 is 0 Å². The minimum atomic E-state index is -0.412. The summed E-state index contributed by atoms with van der Waals surface area (Å²) in [6.07, 6.45) is 0.650. The smallest absolute Gasteiger partial charge is 0.274 e. The molecule has 0 amide bonds. The maximum Gasteiger partial charge on any atom is 0.274 e. The molecule has 8 heteroatoms. The summed E-state index contributed by atoms with van der Waals surface area (Å²) in [5, 5.41) is 23.3. The third kappa shape index (κ3) is 3.97. The van der Waals surface area contributed by atoms with Crippen LogP contribution in [0.2, 0.25) is 5.02 Å². The van der Waals surface area contributed by atoms with Crippen molar-refractivity contribution in [1.82, 2.24) is 14.8 Å². The molecule has 0 N–H and O–H groups in total. The fraction of sp³-hybridized carbons (Fsp3) is 0.143. The third-order valence-electron chi connectivity index (χ3n) is 4.79. The number of nitrogens with zero attached hydrogens (tertiary/aromatic N) is 4. The lowest BCUT2D eigenvalue weighted by atomic mass is 10.0. The van der Waals surface area contributed by atoms with Gasteiger partial charge in [0.05, 0.1) is 15.5 Å². The zero-order valence-corrected chi connectivity index (χ0v) is 17.2. The van der Waals surface area contributed by atoms with Gasteiger partial charge < -0.3 is 4.57 Å². The van der Waals surface area contributed by atoms with Crippen molar-refractivity contribution >= 4 is 39.8 Å². The molecule has 0 bridgehead atoms. The maximum absolute atomic E-state index is 11.3. The van der Waals surface area contributed by atoms with Crippen molar-refractivity contribution in [2.45, 2.75) is 17.3 Å². The first-order chi connectivity index (χ1) is 14.0. The van der Waals surface area contributed by atoms with Gasteiger partial charge in [0.25, 0.3) is 5.69 Å². The van der Waals surface area contributed by atoms with Crippen LogP contribution >= 0.6 is 23.4 Å². The molecule has 0 radical (unpaired) electrons. The summed E-state index contributed by atoms with van der Waals surface area (Å²) in [4.78, 5) is 10.9. The summed E-state index contributed by atoms with van der Waals surface area (Å²) in [6, 6.07) is 19.2. The van der Waals surface area contributed by atoms with Crippen molar-refractivity contribution in [3.8, 4) is 0 Å². The predicted octanol–water partition coefficient (Wildman–Crippen LogP) is 5.41. The Morgan fingerprint density at radius 3 is 2.66 bits per heavy atom. The predicted molar refractivity (Wildman–Crippen MR) is 115 cm³/mol. The van der Waals surface area contributed by atoms with Crippen LogP contribution in [0, 0.1) is 10.1 Å². The van der Waals surface area contributed by atoms with Gasteiger partial charge in [0, 0.05) is 25.3 Å². The molecule has 0 saturated heterocycles. The van der Waals surface area contributed by atoms with Crippen LogP contribution in [0.1, 0.15) is 17.0 Å². The number of hydrogen-bond acceptors (Lipinski definition) is 5. The van der Waals surface area contributed by atoms with Crippen LogP contribution in [0.15, 0.2) is 65.8 Å². The molecule has 0 saturated carbocycles. The lowest BCUT2D eigenvalue weighted by Gasteiger charge is -2.08. The van der Waals surface area contributed by atoms with Gasteiger partial charge in [-0.3, -0.25) is 10.1 Å². The van der Waals surface area contributed by atoms with E-state index in [1.165, 1.54) is 34.2 Å². The van der Waals surface area contributed by atoms with Crippen molar-refractivity contribution in [3.05, 3.63) is 92.8 Å². The van der Waals surface area contributed by atoms with Crippen molar-refractivity contribution in [2.75, 3.05) is 0 Å². The number of benzene rings is 3. The van der Waals surface area contributed by atoms with Crippen molar-refractivity contribution < 1.29 is 4.92 Å². The Kier molecular flexibility index (Phi) is 5.51. The van der Waals surface area contributed by atoms with E-state index >= 15 is 0 Å². The van der Waals surface area contributed by atoms with E-state index < -0.39 is 4.92 Å². The van der Waals surface area contributed by atoms with E-state index in [0.717, 1.165) is 5.82 Å². The minimum absolute atomic E-state index is 0.0168. The van der Waals surface area contributed by atoms with Crippen molar-refractivity contribution in [3.63, 3.8) is 0 Å². The number of nitro groups is 1. The average molecular weight is 425 g/mol. The van der Waals surface area contributed by atoms with E-state index in [0.29, 0.717) is 27.9 Å². The fourth-order valence-electron chi connectivity index (χ4n) is 3.24. The molecule has 146 valence electrons. The second-order valence-electron chi connectivity index (χ2n) is 6.56. The molecular formula is C21H17ClN4O2S. The number of hydrogen-bond donors (Lipinski definition) is 0. The number of aromatic nitrogens is 3. The van der Waals surface area contributed by atoms with E-state index in [1.807, 2.05) is 29.8 Å². The molecule has 0 atom stereocenters. The number of rotatable bonds is 6. The summed E-state index contributed by atoms with van der Waals surface area (Å²) in [7, 11) is 1.91. The number of nitro benzene ring substituents is 1. The van der Waals surface area contributed by atoms with Gasteiger partial charge in [0.15, 0.2) is 5.16 Å². The van der Waals surface area contributed by atoms with E-state index in [2.05, 4.69) is 34.5 Å². The summed E-state index contributed by atoms with van der Waals surface area (Å²) in [6.45, 7) is 0. The highest BCUT2D eigenvalue weighted by molar-refractivity contribution is 7.98. The Hall–Kier alpha value is -2.90. The molecule has 3 aromatic carbocycles. The molecular weight excluding hydrogens is 408 g/mol. The molecule has 6 nitrogen and oxygen atoms in total. The molecule has 4 rings (SSSR count). The minimum Gasteiger partial charge on any atom is -0.309 e. The SMILES string of the molecule is Cn1c(Cc2cccc3ccccc23)nnc1SCc1c(Cl)cccc1[N+](=O)[O-]. The van der Waals surface area contributed by atoms with Gasteiger partial charge in [0.2, 0.25) is 0 Å². The molecule has 0 unspecified atom stereocenters. The summed E-state index contributed by atoms with van der Waals surface area (Å²) < 4.78 is 1.93. The molecule has 29 heavy (non-hydrogen) atoms. The van der Waals surface area contributed by atoms with E-state index in [-0.39, 0.29) is 5.69 Å². The second kappa shape index (κ2) is 8.23. The standard InChI is InChI=1S/C21H17ClN4O2S/c1-25-20(12-15-8-4-7-14-6-2-3-9-16(14)15)23-24-21(25)29-13-17-18(22)10-5-11-19(17)26(27)28/h2-11H,12-13H2,1H3. The Bertz CT molecular complexity index is 1200. The first kappa shape index (κ1) is 19.4. The van der Waals surface area contributed by atoms with Crippen LogP contribution in [0.25, 0.3) is 10.8 Å². The Morgan fingerprint density at radius 1 is 1.07 bits per heavy atom. The normalized spacial score (nSPS) is 11.1. The fourth-order valence-corrected chi connectivity index (χ4v) is 4.53. The molecule has 1 heterocycles. The lowest BCUT2D eigenvalue weighted by molar-refractivity contribution is -0.385. The Morgan fingerprint density at radius 2 is 1.83 bits per heavy atom. The third-order valence-corrected chi connectivity index (χ3v) is 6.19. The molecule has 0 aliphatic heterocycles. The van der Waals surface area contributed by atoms with Crippen LogP contribution in [-0.2, 0) is 19.2 Å². The van der Waals surface area contributed by atoms with Crippen LogP contribution in [0.5, 0.6) is 0 Å². The van der Waals surface area contributed by atoms with Crippen LogP contribution < -0.4 is 0 Å². The van der Waals surface area contributed by atoms with E-state index in [1.54, 1.807) is 12.1 Å². The highest BCUT2D eigenvalue weighted by Crippen LogP contribution is 2.32. The number of fused-ring (bicyclic) bond motifs is 1. The van der Waals surface area contributed by atoms with Crippen LogP contribution in [0.4, 0.5) is 5.69 Å². The molecule has 0 aliphatic carbocycles. The van der Waals surface area contributed by atoms with Gasteiger partial charge in [-0.05, 0) is 22.4 Å². The Labute approximate surface area is 176 Å². The highest BCUT2D eigenvalue weighted by Gasteiger charge is 2.18. The number of halogens is 1. The largest absolute Gasteiger partial charge is 0.309 e. The lowest BCUT2D eigenvalue weighted by Crippen LogP contribution is -2.01. The zero-order chi connectivity index (χ0) is 20.4. The van der Waals surface area contributed by atoms with Crippen LogP contribution in [0.3, 0.4) is 0 Å². The Balaban J connectivity index is 1.56. The van der Waals surface area contributed by atoms with Gasteiger partial charge in [-0.2, -0.15) is 0 Å². The van der Waals surface area contributed by atoms with Gasteiger partial charge in [-0.15, -0.1) is 10.2 Å². The average Bonchev–Trinajstić information content (AvgIpc) is 3.06. The quantitative estimate of drug-likeness (QED) is 0.235. The van der Waals surface area contributed by atoms with Gasteiger partial charge in [0.1, 0.15) is 5.82 Å². The first-order valence-electron chi connectivity index (χ1n) is 8.94. The molecule has 1 aromatic heterocycles. The topological polar surface area (TPSA) is 73.8 Å². The van der Waals surface area contributed by atoms with Crippen molar-refractivity contribution in [2.24, 2.45) is 7.05 Å². The molecule has 0 fully saturated rings. The van der Waals surface area contributed by atoms with Crippen LogP contribution in [-0.4, -0.2) is 19.7 Å². The van der Waals surface area contributed by atoms with Gasteiger partial charge in [-0.25, -0.2) is 0 Å². The first-order valence-corrected chi connectivity index (χ1v) is 10.3. The highest BCUT2D eigenvalue weighted by atomic mass is 35.5. The molecule has 0 aliphatic rings. The summed E-state index contributed by atoms with van der Waals surface area (Å²) >= 11 is 7.57. The molecule has 0 spiro atoms. The van der Waals surface area contributed by atoms with Gasteiger partial charge in [-0.1, -0.05) is 71.9 Å². The van der Waals surface area contributed by atoms with E-state index in [4.69, 9.17) is 11.6 Å². The van der Waals surface area contributed by atoms with E-state index in [9.17, 15) is 10.1 Å². The zero-order valence-electron chi connectivity index (χ0n) is 15.6. The summed E-state index contributed by atoms with van der Waals surface area (Å²) in [5.74, 6) is 1.17. The van der Waals surface area contributed by atoms with Crippen molar-refractivity contribution in [1.29, 1.82) is 0 Å².